The van der Waals surface area contributed by atoms with Gasteiger partial charge in [0.25, 0.3) is 0 Å². The number of likely N-dealkylation sites (N-methyl/N-ethyl adjacent to an activating group) is 1. The van der Waals surface area contributed by atoms with Crippen molar-refractivity contribution < 1.29 is 19.8 Å². The maximum absolute atomic E-state index is 11.9. The number of aliphatic hydroxyl groups is 1. The SMILES string of the molecule is CCN(CC(=O)O)C1CC(NC(=O)NC[C@H](O)c2ccc(Cl)cc2)C1. The molecule has 0 unspecified atom stereocenters. The van der Waals surface area contributed by atoms with Crippen molar-refractivity contribution in [3.05, 3.63) is 34.9 Å². The number of benzene rings is 1. The van der Waals surface area contributed by atoms with E-state index >= 15 is 0 Å². The van der Waals surface area contributed by atoms with E-state index in [0.717, 1.165) is 12.8 Å². The highest BCUT2D eigenvalue weighted by atomic mass is 35.5. The summed E-state index contributed by atoms with van der Waals surface area (Å²) in [7, 11) is 0. The van der Waals surface area contributed by atoms with Crippen molar-refractivity contribution >= 4 is 23.6 Å². The lowest BCUT2D eigenvalue weighted by Crippen LogP contribution is -2.56. The van der Waals surface area contributed by atoms with E-state index in [0.29, 0.717) is 17.1 Å². The second kappa shape index (κ2) is 9.03. The molecule has 7 nitrogen and oxygen atoms in total. The number of hydrogen-bond donors (Lipinski definition) is 4. The van der Waals surface area contributed by atoms with E-state index in [4.69, 9.17) is 16.7 Å². The number of rotatable bonds is 8. The molecule has 0 aliphatic heterocycles. The molecule has 25 heavy (non-hydrogen) atoms. The molecule has 1 aliphatic carbocycles. The molecule has 0 radical (unpaired) electrons. The third-order valence-corrected chi connectivity index (χ3v) is 4.67. The molecule has 0 aromatic heterocycles. The molecule has 0 spiro atoms. The number of carbonyl (C=O) groups is 2. The minimum atomic E-state index is -0.841. The van der Waals surface area contributed by atoms with E-state index in [-0.39, 0.29) is 31.2 Å². The third-order valence-electron chi connectivity index (χ3n) is 4.42. The number of halogens is 1. The van der Waals surface area contributed by atoms with Gasteiger partial charge in [-0.3, -0.25) is 9.69 Å². The third kappa shape index (κ3) is 5.88. The fraction of sp³-hybridized carbons (Fsp3) is 0.529. The molecule has 1 saturated carbocycles. The van der Waals surface area contributed by atoms with E-state index < -0.39 is 12.1 Å². The van der Waals surface area contributed by atoms with Gasteiger partial charge in [0.2, 0.25) is 0 Å². The van der Waals surface area contributed by atoms with Gasteiger partial charge in [0, 0.05) is 23.7 Å². The standard InChI is InChI=1S/C17H24ClN3O4/c1-2-21(10-16(23)24)14-7-13(8-14)20-17(25)19-9-15(22)11-3-5-12(18)6-4-11/h3-6,13-15,22H,2,7-10H2,1H3,(H,23,24)(H2,19,20,25)/t13?,14?,15-/m0/s1. The van der Waals surface area contributed by atoms with Crippen LogP contribution in [0, 0.1) is 0 Å². The Morgan fingerprint density at radius 1 is 1.32 bits per heavy atom. The molecule has 1 fully saturated rings. The number of carboxylic acids is 1. The molecular formula is C17H24ClN3O4. The molecule has 2 rings (SSSR count). The average molecular weight is 370 g/mol. The van der Waals surface area contributed by atoms with Gasteiger partial charge in [-0.15, -0.1) is 0 Å². The van der Waals surface area contributed by atoms with Crippen LogP contribution >= 0.6 is 11.6 Å². The second-order valence-electron chi connectivity index (χ2n) is 6.20. The Labute approximate surface area is 152 Å². The maximum Gasteiger partial charge on any atom is 0.317 e. The van der Waals surface area contributed by atoms with E-state index in [2.05, 4.69) is 10.6 Å². The molecule has 0 heterocycles. The molecule has 0 saturated heterocycles. The summed E-state index contributed by atoms with van der Waals surface area (Å²) in [5, 5.41) is 25.0. The molecule has 8 heteroatoms. The first kappa shape index (κ1) is 19.5. The highest BCUT2D eigenvalue weighted by molar-refractivity contribution is 6.30. The number of amides is 2. The van der Waals surface area contributed by atoms with Crippen LogP contribution in [0.1, 0.15) is 31.4 Å². The van der Waals surface area contributed by atoms with Crippen molar-refractivity contribution in [1.29, 1.82) is 0 Å². The van der Waals surface area contributed by atoms with Crippen LogP contribution in [0.2, 0.25) is 5.02 Å². The summed E-state index contributed by atoms with van der Waals surface area (Å²) in [6.07, 6.45) is 0.658. The smallest absolute Gasteiger partial charge is 0.317 e. The monoisotopic (exact) mass is 369 g/mol. The van der Waals surface area contributed by atoms with Crippen LogP contribution < -0.4 is 10.6 Å². The van der Waals surface area contributed by atoms with Crippen LogP contribution in [0.3, 0.4) is 0 Å². The number of aliphatic hydroxyl groups excluding tert-OH is 1. The summed E-state index contributed by atoms with van der Waals surface area (Å²) in [4.78, 5) is 24.6. The van der Waals surface area contributed by atoms with Crippen molar-refractivity contribution in [2.75, 3.05) is 19.6 Å². The van der Waals surface area contributed by atoms with Gasteiger partial charge in [-0.05, 0) is 37.1 Å². The van der Waals surface area contributed by atoms with Crippen LogP contribution in [-0.2, 0) is 4.79 Å². The first-order valence-electron chi connectivity index (χ1n) is 8.32. The van der Waals surface area contributed by atoms with E-state index in [9.17, 15) is 14.7 Å². The topological polar surface area (TPSA) is 102 Å². The maximum atomic E-state index is 11.9. The first-order valence-corrected chi connectivity index (χ1v) is 8.70. The van der Waals surface area contributed by atoms with Crippen molar-refractivity contribution in [3.63, 3.8) is 0 Å². The van der Waals surface area contributed by atoms with Crippen molar-refractivity contribution in [2.45, 2.75) is 38.0 Å². The van der Waals surface area contributed by atoms with Gasteiger partial charge >= 0.3 is 12.0 Å². The normalized spacial score (nSPS) is 20.6. The van der Waals surface area contributed by atoms with Gasteiger partial charge < -0.3 is 20.8 Å². The highest BCUT2D eigenvalue weighted by Gasteiger charge is 2.34. The molecule has 1 aromatic carbocycles. The number of carboxylic acid groups (broad SMARTS) is 1. The Balaban J connectivity index is 1.68. The second-order valence-corrected chi connectivity index (χ2v) is 6.64. The Bertz CT molecular complexity index is 590. The zero-order valence-electron chi connectivity index (χ0n) is 14.1. The van der Waals surface area contributed by atoms with Crippen LogP contribution in [0.25, 0.3) is 0 Å². The molecule has 138 valence electrons. The van der Waals surface area contributed by atoms with E-state index in [1.165, 1.54) is 0 Å². The van der Waals surface area contributed by atoms with Gasteiger partial charge in [0.1, 0.15) is 0 Å². The lowest BCUT2D eigenvalue weighted by molar-refractivity contribution is -0.139. The summed E-state index contributed by atoms with van der Waals surface area (Å²) in [5.41, 5.74) is 0.681. The average Bonchev–Trinajstić information content (AvgIpc) is 2.54. The summed E-state index contributed by atoms with van der Waals surface area (Å²) >= 11 is 5.80. The number of urea groups is 1. The Hall–Kier alpha value is -1.83. The van der Waals surface area contributed by atoms with Crippen LogP contribution in [0.4, 0.5) is 4.79 Å². The predicted molar refractivity (Wildman–Crippen MR) is 94.6 cm³/mol. The molecule has 1 aromatic rings. The van der Waals surface area contributed by atoms with Crippen LogP contribution in [0.15, 0.2) is 24.3 Å². The zero-order valence-corrected chi connectivity index (χ0v) is 14.9. The fourth-order valence-electron chi connectivity index (χ4n) is 2.91. The zero-order chi connectivity index (χ0) is 18.4. The molecular weight excluding hydrogens is 346 g/mol. The summed E-state index contributed by atoms with van der Waals surface area (Å²) in [6, 6.07) is 6.68. The lowest BCUT2D eigenvalue weighted by atomic mass is 9.85. The van der Waals surface area contributed by atoms with E-state index in [1.54, 1.807) is 24.3 Å². The van der Waals surface area contributed by atoms with E-state index in [1.807, 2.05) is 11.8 Å². The predicted octanol–water partition coefficient (Wildman–Crippen LogP) is 1.61. The summed E-state index contributed by atoms with van der Waals surface area (Å²) in [6.45, 7) is 2.72. The Morgan fingerprint density at radius 3 is 2.52 bits per heavy atom. The quantitative estimate of drug-likeness (QED) is 0.557. The van der Waals surface area contributed by atoms with Crippen molar-refractivity contribution in [2.24, 2.45) is 0 Å². The first-order chi connectivity index (χ1) is 11.9. The van der Waals surface area contributed by atoms with Crippen LogP contribution in [-0.4, -0.2) is 58.8 Å². The molecule has 0 bridgehead atoms. The summed E-state index contributed by atoms with van der Waals surface area (Å²) in [5.74, 6) is -0.841. The molecule has 1 atom stereocenters. The van der Waals surface area contributed by atoms with Crippen molar-refractivity contribution in [1.82, 2.24) is 15.5 Å². The largest absolute Gasteiger partial charge is 0.480 e. The minimum absolute atomic E-state index is 0.0212. The Kier molecular flexibility index (Phi) is 7.04. The Morgan fingerprint density at radius 2 is 1.96 bits per heavy atom. The molecule has 4 N–H and O–H groups in total. The van der Waals surface area contributed by atoms with Crippen LogP contribution in [0.5, 0.6) is 0 Å². The number of nitrogens with one attached hydrogen (secondary N) is 2. The number of hydrogen-bond acceptors (Lipinski definition) is 4. The van der Waals surface area contributed by atoms with Gasteiger partial charge in [-0.2, -0.15) is 0 Å². The van der Waals surface area contributed by atoms with Crippen molar-refractivity contribution in [3.8, 4) is 0 Å². The number of nitrogens with zero attached hydrogens (tertiary/aromatic N) is 1. The lowest BCUT2D eigenvalue weighted by Gasteiger charge is -2.42. The number of aliphatic carboxylic acids is 1. The van der Waals surface area contributed by atoms with Gasteiger partial charge in [0.05, 0.1) is 12.6 Å². The van der Waals surface area contributed by atoms with Gasteiger partial charge in [-0.1, -0.05) is 30.7 Å². The molecule has 2 amide bonds. The highest BCUT2D eigenvalue weighted by Crippen LogP contribution is 2.25. The van der Waals surface area contributed by atoms with Gasteiger partial charge in [-0.25, -0.2) is 4.79 Å². The fourth-order valence-corrected chi connectivity index (χ4v) is 3.03. The summed E-state index contributed by atoms with van der Waals surface area (Å²) < 4.78 is 0. The minimum Gasteiger partial charge on any atom is -0.480 e. The molecule has 1 aliphatic rings. The van der Waals surface area contributed by atoms with Gasteiger partial charge in [0.15, 0.2) is 0 Å². The number of carbonyl (C=O) groups excluding carboxylic acids is 1.